The van der Waals surface area contributed by atoms with Crippen molar-refractivity contribution in [1.29, 1.82) is 0 Å². The smallest absolute Gasteiger partial charge is 0.229 e. The summed E-state index contributed by atoms with van der Waals surface area (Å²) in [6.45, 7) is -0.215. The topological polar surface area (TPSA) is 71.5 Å². The van der Waals surface area contributed by atoms with Crippen LogP contribution in [0.4, 0.5) is 4.39 Å². The number of nitrogens with zero attached hydrogens (tertiary/aromatic N) is 1. The highest BCUT2D eigenvalue weighted by Crippen LogP contribution is 2.27. The van der Waals surface area contributed by atoms with Gasteiger partial charge in [-0.2, -0.15) is 4.31 Å². The van der Waals surface area contributed by atoms with E-state index in [4.69, 9.17) is 11.6 Å². The molecule has 1 aliphatic heterocycles. The van der Waals surface area contributed by atoms with Crippen molar-refractivity contribution < 1.29 is 21.2 Å². The Morgan fingerprint density at radius 1 is 1.27 bits per heavy atom. The quantitative estimate of drug-likeness (QED) is 0.817. The molecule has 9 heteroatoms. The van der Waals surface area contributed by atoms with Gasteiger partial charge < -0.3 is 0 Å². The van der Waals surface area contributed by atoms with E-state index in [0.717, 1.165) is 10.6 Å². The van der Waals surface area contributed by atoms with Crippen molar-refractivity contribution in [2.24, 2.45) is 0 Å². The molecule has 0 aromatic heterocycles. The van der Waals surface area contributed by atoms with Gasteiger partial charge in [0, 0.05) is 17.8 Å². The monoisotopic (exact) mass is 367 g/mol. The SMILES string of the molecule is CS(=O)(=O)Cc1ccc(Cl)cc1S(=O)(=O)N1CCC=C(F)C1. The predicted molar refractivity (Wildman–Crippen MR) is 82.6 cm³/mol. The maximum Gasteiger partial charge on any atom is 0.243 e. The van der Waals surface area contributed by atoms with Gasteiger partial charge in [0.05, 0.1) is 17.2 Å². The van der Waals surface area contributed by atoms with E-state index >= 15 is 0 Å². The fourth-order valence-electron chi connectivity index (χ4n) is 2.19. The largest absolute Gasteiger partial charge is 0.243 e. The van der Waals surface area contributed by atoms with E-state index in [2.05, 4.69) is 0 Å². The average molecular weight is 368 g/mol. The Labute approximate surface area is 134 Å². The first-order valence-corrected chi connectivity index (χ1v) is 10.3. The van der Waals surface area contributed by atoms with Crippen LogP contribution < -0.4 is 0 Å². The summed E-state index contributed by atoms with van der Waals surface area (Å²) in [7, 11) is -7.44. The molecule has 0 unspecified atom stereocenters. The molecular weight excluding hydrogens is 353 g/mol. The molecule has 0 saturated heterocycles. The Balaban J connectivity index is 2.50. The van der Waals surface area contributed by atoms with Crippen LogP contribution in [-0.4, -0.2) is 40.5 Å². The third-order valence-corrected chi connectivity index (χ3v) is 6.13. The van der Waals surface area contributed by atoms with E-state index < -0.39 is 31.4 Å². The first-order chi connectivity index (χ1) is 10.1. The molecular formula is C13H15ClFNO4S2. The molecule has 0 radical (unpaired) electrons. The molecule has 0 atom stereocenters. The lowest BCUT2D eigenvalue weighted by atomic mass is 10.2. The second-order valence-electron chi connectivity index (χ2n) is 5.10. The van der Waals surface area contributed by atoms with E-state index in [1.807, 2.05) is 0 Å². The van der Waals surface area contributed by atoms with Crippen molar-refractivity contribution in [2.45, 2.75) is 17.1 Å². The number of benzene rings is 1. The van der Waals surface area contributed by atoms with Crippen LogP contribution in [-0.2, 0) is 25.6 Å². The third kappa shape index (κ3) is 4.07. The van der Waals surface area contributed by atoms with Crippen LogP contribution in [0, 0.1) is 0 Å². The molecule has 0 aliphatic carbocycles. The molecule has 1 aromatic rings. The molecule has 1 heterocycles. The first-order valence-electron chi connectivity index (χ1n) is 6.40. The Morgan fingerprint density at radius 2 is 1.95 bits per heavy atom. The fraction of sp³-hybridized carbons (Fsp3) is 0.385. The highest BCUT2D eigenvalue weighted by Gasteiger charge is 2.30. The zero-order chi connectivity index (χ0) is 16.5. The van der Waals surface area contributed by atoms with E-state index in [0.29, 0.717) is 0 Å². The van der Waals surface area contributed by atoms with E-state index in [1.54, 1.807) is 0 Å². The van der Waals surface area contributed by atoms with Crippen LogP contribution in [0.25, 0.3) is 0 Å². The van der Waals surface area contributed by atoms with Crippen LogP contribution in [0.5, 0.6) is 0 Å². The van der Waals surface area contributed by atoms with Gasteiger partial charge in [0.1, 0.15) is 5.83 Å². The highest BCUT2D eigenvalue weighted by atomic mass is 35.5. The zero-order valence-electron chi connectivity index (χ0n) is 11.8. The van der Waals surface area contributed by atoms with Crippen LogP contribution in [0.15, 0.2) is 35.0 Å². The first kappa shape index (κ1) is 17.4. The van der Waals surface area contributed by atoms with Crippen LogP contribution >= 0.6 is 11.6 Å². The second kappa shape index (κ2) is 6.27. The maximum absolute atomic E-state index is 13.4. The van der Waals surface area contributed by atoms with Gasteiger partial charge in [0.25, 0.3) is 0 Å². The summed E-state index contributed by atoms with van der Waals surface area (Å²) < 4.78 is 62.7. The molecule has 1 aromatic carbocycles. The Morgan fingerprint density at radius 3 is 2.55 bits per heavy atom. The normalized spacial score (nSPS) is 17.3. The molecule has 1 aliphatic rings. The predicted octanol–water partition coefficient (Wildman–Crippen LogP) is 2.13. The van der Waals surface area contributed by atoms with Crippen molar-refractivity contribution in [3.63, 3.8) is 0 Å². The van der Waals surface area contributed by atoms with Gasteiger partial charge >= 0.3 is 0 Å². The molecule has 2 rings (SSSR count). The summed E-state index contributed by atoms with van der Waals surface area (Å²) in [6, 6.07) is 4.00. The number of rotatable bonds is 4. The van der Waals surface area contributed by atoms with Gasteiger partial charge in [-0.3, -0.25) is 0 Å². The van der Waals surface area contributed by atoms with Crippen LogP contribution in [0.1, 0.15) is 12.0 Å². The number of hydrogen-bond acceptors (Lipinski definition) is 4. The summed E-state index contributed by atoms with van der Waals surface area (Å²) in [5, 5.41) is 0.170. The third-order valence-electron chi connectivity index (χ3n) is 3.14. The van der Waals surface area contributed by atoms with Crippen molar-refractivity contribution in [2.75, 3.05) is 19.3 Å². The minimum absolute atomic E-state index is 0.127. The number of sulfone groups is 1. The molecule has 0 fully saturated rings. The van der Waals surface area contributed by atoms with E-state index in [-0.39, 0.29) is 35.0 Å². The van der Waals surface area contributed by atoms with Crippen molar-refractivity contribution in [1.82, 2.24) is 4.31 Å². The lowest BCUT2D eigenvalue weighted by molar-refractivity contribution is 0.388. The summed E-state index contributed by atoms with van der Waals surface area (Å²) in [4.78, 5) is -0.194. The standard InChI is InChI=1S/C13H15ClFNO4S2/c1-21(17,18)9-10-4-5-11(14)7-13(10)22(19,20)16-6-2-3-12(15)8-16/h3-5,7H,2,6,8-9H2,1H3. The Kier molecular flexibility index (Phi) is 4.96. The number of hydrogen-bond donors (Lipinski definition) is 0. The summed E-state index contributed by atoms with van der Waals surface area (Å²) >= 11 is 5.84. The van der Waals surface area contributed by atoms with Crippen LogP contribution in [0.3, 0.4) is 0 Å². The highest BCUT2D eigenvalue weighted by molar-refractivity contribution is 7.90. The summed E-state index contributed by atoms with van der Waals surface area (Å²) in [5.41, 5.74) is 0.127. The van der Waals surface area contributed by atoms with E-state index in [1.165, 1.54) is 24.3 Å². The second-order valence-corrected chi connectivity index (χ2v) is 9.58. The molecule has 0 spiro atoms. The average Bonchev–Trinajstić information content (AvgIpc) is 2.39. The minimum atomic E-state index is -4.02. The summed E-state index contributed by atoms with van der Waals surface area (Å²) in [5.74, 6) is -0.952. The molecule has 22 heavy (non-hydrogen) atoms. The van der Waals surface area contributed by atoms with Gasteiger partial charge in [-0.25, -0.2) is 21.2 Å². The van der Waals surface area contributed by atoms with Crippen LogP contribution in [0.2, 0.25) is 5.02 Å². The molecule has 5 nitrogen and oxygen atoms in total. The Bertz CT molecular complexity index is 818. The van der Waals surface area contributed by atoms with Gasteiger partial charge in [0.15, 0.2) is 9.84 Å². The fourth-order valence-corrected chi connectivity index (χ4v) is 5.00. The maximum atomic E-state index is 13.4. The molecule has 0 bridgehead atoms. The summed E-state index contributed by atoms with van der Waals surface area (Å²) in [6.07, 6.45) is 2.62. The molecule has 122 valence electrons. The zero-order valence-corrected chi connectivity index (χ0v) is 14.2. The van der Waals surface area contributed by atoms with Crippen molar-refractivity contribution >= 4 is 31.5 Å². The number of halogens is 2. The van der Waals surface area contributed by atoms with Gasteiger partial charge in [0.2, 0.25) is 10.0 Å². The van der Waals surface area contributed by atoms with Crippen molar-refractivity contribution in [3.8, 4) is 0 Å². The van der Waals surface area contributed by atoms with Gasteiger partial charge in [-0.15, -0.1) is 0 Å². The Hall–Kier alpha value is -0.960. The molecule has 0 N–H and O–H groups in total. The van der Waals surface area contributed by atoms with Gasteiger partial charge in [-0.05, 0) is 24.1 Å². The lowest BCUT2D eigenvalue weighted by Crippen LogP contribution is -2.35. The van der Waals surface area contributed by atoms with Crippen molar-refractivity contribution in [3.05, 3.63) is 40.7 Å². The van der Waals surface area contributed by atoms with Gasteiger partial charge in [-0.1, -0.05) is 23.7 Å². The molecule has 0 amide bonds. The lowest BCUT2D eigenvalue weighted by Gasteiger charge is -2.25. The minimum Gasteiger partial charge on any atom is -0.229 e. The number of sulfonamides is 1. The molecule has 0 saturated carbocycles. The van der Waals surface area contributed by atoms with E-state index in [9.17, 15) is 21.2 Å².